The van der Waals surface area contributed by atoms with Crippen LogP contribution < -0.4 is 5.32 Å². The van der Waals surface area contributed by atoms with E-state index in [1.165, 1.54) is 4.88 Å². The molecule has 0 aliphatic heterocycles. The van der Waals surface area contributed by atoms with E-state index in [9.17, 15) is 0 Å². The number of anilines is 1. The van der Waals surface area contributed by atoms with Gasteiger partial charge >= 0.3 is 0 Å². The number of nitrogens with zero attached hydrogens (tertiary/aromatic N) is 2. The highest BCUT2D eigenvalue weighted by molar-refractivity contribution is 7.09. The van der Waals surface area contributed by atoms with Gasteiger partial charge in [-0.25, -0.2) is 4.98 Å². The van der Waals surface area contributed by atoms with E-state index < -0.39 is 0 Å². The second kappa shape index (κ2) is 6.56. The molecule has 98 valence electrons. The molecule has 0 aromatic carbocycles. The standard InChI is InChI=1S/C13H19N3OS/c1-11(10-12-4-3-9-18-12)16-7-5-14-13(16)15-6-8-17-2/h3-5,7,9,11H,6,8,10H2,1-2H3,(H,14,15). The van der Waals surface area contributed by atoms with Gasteiger partial charge < -0.3 is 14.6 Å². The minimum absolute atomic E-state index is 0.399. The Balaban J connectivity index is 1.97. The van der Waals surface area contributed by atoms with Crippen LogP contribution in [0, 0.1) is 0 Å². The van der Waals surface area contributed by atoms with Crippen molar-refractivity contribution in [3.05, 3.63) is 34.8 Å². The largest absolute Gasteiger partial charge is 0.383 e. The van der Waals surface area contributed by atoms with Crippen LogP contribution in [-0.2, 0) is 11.2 Å². The first-order valence-electron chi connectivity index (χ1n) is 6.09. The first-order valence-corrected chi connectivity index (χ1v) is 6.97. The number of ether oxygens (including phenoxy) is 1. The number of aromatic nitrogens is 2. The Morgan fingerprint density at radius 2 is 2.44 bits per heavy atom. The maximum absolute atomic E-state index is 5.03. The third-order valence-corrected chi connectivity index (χ3v) is 3.71. The van der Waals surface area contributed by atoms with Crippen molar-refractivity contribution in [2.45, 2.75) is 19.4 Å². The van der Waals surface area contributed by atoms with E-state index in [1.54, 1.807) is 18.4 Å². The van der Waals surface area contributed by atoms with Crippen LogP contribution in [0.15, 0.2) is 29.9 Å². The average Bonchev–Trinajstić information content (AvgIpc) is 3.00. The van der Waals surface area contributed by atoms with E-state index in [2.05, 4.69) is 39.3 Å². The fourth-order valence-electron chi connectivity index (χ4n) is 1.89. The summed E-state index contributed by atoms with van der Waals surface area (Å²) in [6, 6.07) is 4.67. The molecule has 0 saturated heterocycles. The summed E-state index contributed by atoms with van der Waals surface area (Å²) in [5.41, 5.74) is 0. The van der Waals surface area contributed by atoms with Crippen LogP contribution in [0.1, 0.15) is 17.8 Å². The quantitative estimate of drug-likeness (QED) is 0.782. The Labute approximate surface area is 112 Å². The second-order valence-corrected chi connectivity index (χ2v) is 5.24. The molecule has 2 rings (SSSR count). The molecule has 0 amide bonds. The third-order valence-electron chi connectivity index (χ3n) is 2.81. The first-order chi connectivity index (χ1) is 8.81. The van der Waals surface area contributed by atoms with Gasteiger partial charge in [0.1, 0.15) is 0 Å². The highest BCUT2D eigenvalue weighted by Gasteiger charge is 2.10. The second-order valence-electron chi connectivity index (χ2n) is 4.21. The van der Waals surface area contributed by atoms with E-state index in [1.807, 2.05) is 12.4 Å². The molecule has 2 aromatic rings. The molecule has 0 saturated carbocycles. The minimum Gasteiger partial charge on any atom is -0.383 e. The lowest BCUT2D eigenvalue weighted by Crippen LogP contribution is -2.15. The summed E-state index contributed by atoms with van der Waals surface area (Å²) in [7, 11) is 1.70. The predicted molar refractivity (Wildman–Crippen MR) is 75.3 cm³/mol. The number of rotatable bonds is 7. The van der Waals surface area contributed by atoms with Crippen molar-refractivity contribution in [2.24, 2.45) is 0 Å². The summed E-state index contributed by atoms with van der Waals surface area (Å²) in [6.07, 6.45) is 4.89. The zero-order valence-electron chi connectivity index (χ0n) is 10.8. The van der Waals surface area contributed by atoms with Crippen LogP contribution in [0.25, 0.3) is 0 Å². The molecule has 0 radical (unpaired) electrons. The molecule has 5 heteroatoms. The Kier molecular flexibility index (Phi) is 4.78. The number of methoxy groups -OCH3 is 1. The summed E-state index contributed by atoms with van der Waals surface area (Å²) in [5.74, 6) is 0.913. The zero-order valence-corrected chi connectivity index (χ0v) is 11.6. The molecule has 18 heavy (non-hydrogen) atoms. The van der Waals surface area contributed by atoms with Gasteiger partial charge in [0.25, 0.3) is 0 Å². The van der Waals surface area contributed by atoms with Crippen LogP contribution >= 0.6 is 11.3 Å². The van der Waals surface area contributed by atoms with Gasteiger partial charge in [0.15, 0.2) is 0 Å². The normalized spacial score (nSPS) is 12.6. The van der Waals surface area contributed by atoms with Gasteiger partial charge in [-0.15, -0.1) is 11.3 Å². The smallest absolute Gasteiger partial charge is 0.203 e. The van der Waals surface area contributed by atoms with Gasteiger partial charge in [-0.3, -0.25) is 0 Å². The maximum atomic E-state index is 5.03. The Hall–Kier alpha value is -1.33. The summed E-state index contributed by atoms with van der Waals surface area (Å²) < 4.78 is 7.20. The molecular weight excluding hydrogens is 246 g/mol. The zero-order chi connectivity index (χ0) is 12.8. The molecule has 0 aliphatic rings. The van der Waals surface area contributed by atoms with Gasteiger partial charge in [-0.05, 0) is 18.4 Å². The van der Waals surface area contributed by atoms with Crippen molar-refractivity contribution in [3.63, 3.8) is 0 Å². The summed E-state index contributed by atoms with van der Waals surface area (Å²) in [5, 5.41) is 5.40. The third kappa shape index (κ3) is 3.34. The van der Waals surface area contributed by atoms with Crippen LogP contribution in [-0.4, -0.2) is 29.8 Å². The predicted octanol–water partition coefficient (Wildman–Crippen LogP) is 2.81. The average molecular weight is 265 g/mol. The van der Waals surface area contributed by atoms with Crippen LogP contribution in [0.5, 0.6) is 0 Å². The van der Waals surface area contributed by atoms with Gasteiger partial charge in [0, 0.05) is 43.4 Å². The van der Waals surface area contributed by atoms with Crippen molar-refractivity contribution >= 4 is 17.3 Å². The molecular formula is C13H19N3OS. The molecule has 0 spiro atoms. The SMILES string of the molecule is COCCNc1nccn1C(C)Cc1cccs1. The summed E-state index contributed by atoms with van der Waals surface area (Å²) >= 11 is 1.80. The number of hydrogen-bond acceptors (Lipinski definition) is 4. The molecule has 2 heterocycles. The van der Waals surface area contributed by atoms with E-state index in [0.717, 1.165) is 18.9 Å². The van der Waals surface area contributed by atoms with Crippen molar-refractivity contribution in [3.8, 4) is 0 Å². The number of nitrogens with one attached hydrogen (secondary N) is 1. The summed E-state index contributed by atoms with van der Waals surface area (Å²) in [6.45, 7) is 3.67. The molecule has 1 unspecified atom stereocenters. The molecule has 0 aliphatic carbocycles. The maximum Gasteiger partial charge on any atom is 0.203 e. The topological polar surface area (TPSA) is 39.1 Å². The Morgan fingerprint density at radius 1 is 1.56 bits per heavy atom. The van der Waals surface area contributed by atoms with E-state index in [-0.39, 0.29) is 0 Å². The number of hydrogen-bond donors (Lipinski definition) is 1. The highest BCUT2D eigenvalue weighted by atomic mass is 32.1. The Bertz CT molecular complexity index is 453. The molecule has 2 aromatic heterocycles. The minimum atomic E-state index is 0.399. The van der Waals surface area contributed by atoms with Crippen LogP contribution in [0.4, 0.5) is 5.95 Å². The van der Waals surface area contributed by atoms with Crippen molar-refractivity contribution in [1.82, 2.24) is 9.55 Å². The van der Waals surface area contributed by atoms with Gasteiger partial charge in [0.2, 0.25) is 5.95 Å². The Morgan fingerprint density at radius 3 is 3.17 bits per heavy atom. The molecule has 0 bridgehead atoms. The van der Waals surface area contributed by atoms with Crippen molar-refractivity contribution < 1.29 is 4.74 Å². The van der Waals surface area contributed by atoms with Gasteiger partial charge in [-0.1, -0.05) is 6.07 Å². The highest BCUT2D eigenvalue weighted by Crippen LogP contribution is 2.20. The van der Waals surface area contributed by atoms with Gasteiger partial charge in [-0.2, -0.15) is 0 Å². The lowest BCUT2D eigenvalue weighted by Gasteiger charge is -2.16. The number of imidazole rings is 1. The fourth-order valence-corrected chi connectivity index (χ4v) is 2.72. The molecule has 1 N–H and O–H groups in total. The van der Waals surface area contributed by atoms with Crippen molar-refractivity contribution in [1.29, 1.82) is 0 Å². The van der Waals surface area contributed by atoms with Crippen LogP contribution in [0.3, 0.4) is 0 Å². The molecule has 0 fully saturated rings. The summed E-state index contributed by atoms with van der Waals surface area (Å²) in [4.78, 5) is 5.74. The molecule has 1 atom stereocenters. The number of thiophene rings is 1. The van der Waals surface area contributed by atoms with Gasteiger partial charge in [0.05, 0.1) is 6.61 Å². The fraction of sp³-hybridized carbons (Fsp3) is 0.462. The monoisotopic (exact) mass is 265 g/mol. The van der Waals surface area contributed by atoms with E-state index >= 15 is 0 Å². The first kappa shape index (κ1) is 13.1. The lowest BCUT2D eigenvalue weighted by atomic mass is 10.2. The molecule has 4 nitrogen and oxygen atoms in total. The van der Waals surface area contributed by atoms with Crippen molar-refractivity contribution in [2.75, 3.05) is 25.6 Å². The van der Waals surface area contributed by atoms with E-state index in [0.29, 0.717) is 12.6 Å². The van der Waals surface area contributed by atoms with Crippen LogP contribution in [0.2, 0.25) is 0 Å². The lowest BCUT2D eigenvalue weighted by molar-refractivity contribution is 0.210. The van der Waals surface area contributed by atoms with E-state index in [4.69, 9.17) is 4.74 Å².